The third kappa shape index (κ3) is 3.16. The molecular weight excluding hydrogens is 198 g/mol. The summed E-state index contributed by atoms with van der Waals surface area (Å²) in [7, 11) is 2.06. The van der Waals surface area contributed by atoms with Gasteiger partial charge in [0, 0.05) is 25.0 Å². The minimum atomic E-state index is 0.370. The molecule has 1 aromatic rings. The molecule has 16 heavy (non-hydrogen) atoms. The van der Waals surface area contributed by atoms with Crippen molar-refractivity contribution in [3.8, 4) is 6.07 Å². The maximum Gasteiger partial charge on any atom is 0.0670 e. The minimum Gasteiger partial charge on any atom is -0.398 e. The second kappa shape index (κ2) is 5.41. The van der Waals surface area contributed by atoms with E-state index in [2.05, 4.69) is 31.9 Å². The Morgan fingerprint density at radius 3 is 2.69 bits per heavy atom. The molecule has 0 saturated carbocycles. The number of hydrogen-bond donors (Lipinski definition) is 1. The number of hydrogen-bond acceptors (Lipinski definition) is 3. The Labute approximate surface area is 97.5 Å². The van der Waals surface area contributed by atoms with Crippen LogP contribution < -0.4 is 10.6 Å². The molecule has 0 spiro atoms. The summed E-state index contributed by atoms with van der Waals surface area (Å²) in [6.07, 6.45) is 0.370. The Balaban J connectivity index is 2.90. The van der Waals surface area contributed by atoms with Gasteiger partial charge in [0.05, 0.1) is 12.5 Å². The van der Waals surface area contributed by atoms with E-state index in [0.717, 1.165) is 17.8 Å². The average Bonchev–Trinajstić information content (AvgIpc) is 2.20. The van der Waals surface area contributed by atoms with Gasteiger partial charge >= 0.3 is 0 Å². The molecule has 0 radical (unpaired) electrons. The normalized spacial score (nSPS) is 10.2. The Kier molecular flexibility index (Phi) is 4.19. The predicted octanol–water partition coefficient (Wildman–Crippen LogP) is 2.43. The zero-order valence-corrected chi connectivity index (χ0v) is 10.2. The highest BCUT2D eigenvalue weighted by Gasteiger charge is 2.06. The standard InChI is InChI=1S/C13H19N3/c1-10(2)9-16(3)12-4-5-13(15)11(8-12)6-7-14/h4-5,8,10H,6,9,15H2,1-3H3. The van der Waals surface area contributed by atoms with E-state index in [0.29, 0.717) is 18.0 Å². The van der Waals surface area contributed by atoms with Crippen LogP contribution in [-0.4, -0.2) is 13.6 Å². The summed E-state index contributed by atoms with van der Waals surface area (Å²) < 4.78 is 0. The van der Waals surface area contributed by atoms with Crippen LogP contribution in [0.5, 0.6) is 0 Å². The second-order valence-corrected chi connectivity index (χ2v) is 4.49. The molecule has 0 saturated heterocycles. The first kappa shape index (κ1) is 12.4. The van der Waals surface area contributed by atoms with E-state index >= 15 is 0 Å². The van der Waals surface area contributed by atoms with Crippen molar-refractivity contribution < 1.29 is 0 Å². The van der Waals surface area contributed by atoms with E-state index in [4.69, 9.17) is 11.0 Å². The van der Waals surface area contributed by atoms with Crippen LogP contribution in [0.2, 0.25) is 0 Å². The first-order chi connectivity index (χ1) is 7.54. The van der Waals surface area contributed by atoms with Crippen LogP contribution in [0, 0.1) is 17.2 Å². The molecule has 0 amide bonds. The number of nitrogens with two attached hydrogens (primary N) is 1. The maximum absolute atomic E-state index is 8.70. The molecule has 0 bridgehead atoms. The maximum atomic E-state index is 8.70. The number of anilines is 2. The van der Waals surface area contributed by atoms with Gasteiger partial charge in [0.25, 0.3) is 0 Å². The van der Waals surface area contributed by atoms with Crippen molar-refractivity contribution in [3.05, 3.63) is 23.8 Å². The lowest BCUT2D eigenvalue weighted by molar-refractivity contribution is 0.638. The number of rotatable bonds is 4. The zero-order chi connectivity index (χ0) is 12.1. The lowest BCUT2D eigenvalue weighted by Crippen LogP contribution is -2.22. The number of nitriles is 1. The highest BCUT2D eigenvalue weighted by Crippen LogP contribution is 2.21. The van der Waals surface area contributed by atoms with E-state index < -0.39 is 0 Å². The lowest BCUT2D eigenvalue weighted by atomic mass is 10.1. The second-order valence-electron chi connectivity index (χ2n) is 4.49. The summed E-state index contributed by atoms with van der Waals surface area (Å²) in [6, 6.07) is 8.01. The predicted molar refractivity (Wildman–Crippen MR) is 68.3 cm³/mol. The molecule has 0 unspecified atom stereocenters. The number of nitrogens with zero attached hydrogens (tertiary/aromatic N) is 2. The SMILES string of the molecule is CC(C)CN(C)c1ccc(N)c(CC#N)c1. The van der Waals surface area contributed by atoms with Gasteiger partial charge in [-0.1, -0.05) is 13.8 Å². The largest absolute Gasteiger partial charge is 0.398 e. The van der Waals surface area contributed by atoms with Gasteiger partial charge < -0.3 is 10.6 Å². The molecule has 0 aliphatic rings. The number of nitrogen functional groups attached to an aromatic ring is 1. The average molecular weight is 217 g/mol. The Morgan fingerprint density at radius 1 is 1.44 bits per heavy atom. The van der Waals surface area contributed by atoms with E-state index in [1.54, 1.807) is 0 Å². The summed E-state index contributed by atoms with van der Waals surface area (Å²) in [4.78, 5) is 2.19. The van der Waals surface area contributed by atoms with Crippen molar-refractivity contribution in [2.45, 2.75) is 20.3 Å². The van der Waals surface area contributed by atoms with Gasteiger partial charge in [0.2, 0.25) is 0 Å². The van der Waals surface area contributed by atoms with Crippen molar-refractivity contribution in [2.75, 3.05) is 24.2 Å². The molecule has 86 valence electrons. The summed E-state index contributed by atoms with van der Waals surface area (Å²) in [6.45, 7) is 5.36. The topological polar surface area (TPSA) is 53.0 Å². The first-order valence-electron chi connectivity index (χ1n) is 5.51. The molecule has 1 aromatic carbocycles. The van der Waals surface area contributed by atoms with Crippen molar-refractivity contribution in [1.29, 1.82) is 5.26 Å². The van der Waals surface area contributed by atoms with E-state index in [-0.39, 0.29) is 0 Å². The lowest BCUT2D eigenvalue weighted by Gasteiger charge is -2.22. The minimum absolute atomic E-state index is 0.370. The van der Waals surface area contributed by atoms with Crippen molar-refractivity contribution in [3.63, 3.8) is 0 Å². The molecule has 0 fully saturated rings. The van der Waals surface area contributed by atoms with E-state index in [1.165, 1.54) is 0 Å². The molecule has 0 heterocycles. The Morgan fingerprint density at radius 2 is 2.12 bits per heavy atom. The third-order valence-electron chi connectivity index (χ3n) is 2.48. The number of benzene rings is 1. The molecule has 0 atom stereocenters. The van der Waals surface area contributed by atoms with Crippen molar-refractivity contribution in [2.24, 2.45) is 5.92 Å². The highest BCUT2D eigenvalue weighted by molar-refractivity contribution is 5.58. The van der Waals surface area contributed by atoms with Gasteiger partial charge in [0.15, 0.2) is 0 Å². The monoisotopic (exact) mass is 217 g/mol. The molecular formula is C13H19N3. The molecule has 2 N–H and O–H groups in total. The fourth-order valence-corrected chi connectivity index (χ4v) is 1.72. The van der Waals surface area contributed by atoms with Crippen LogP contribution in [0.1, 0.15) is 19.4 Å². The summed E-state index contributed by atoms with van der Waals surface area (Å²) in [5, 5.41) is 8.70. The summed E-state index contributed by atoms with van der Waals surface area (Å²) >= 11 is 0. The van der Waals surface area contributed by atoms with Gasteiger partial charge in [0.1, 0.15) is 0 Å². The molecule has 1 rings (SSSR count). The molecule has 3 nitrogen and oxygen atoms in total. The van der Waals surface area contributed by atoms with Gasteiger partial charge in [-0.05, 0) is 29.7 Å². The fraction of sp³-hybridized carbons (Fsp3) is 0.462. The third-order valence-corrected chi connectivity index (χ3v) is 2.48. The van der Waals surface area contributed by atoms with Crippen molar-refractivity contribution in [1.82, 2.24) is 0 Å². The van der Waals surface area contributed by atoms with Crippen LogP contribution >= 0.6 is 0 Å². The van der Waals surface area contributed by atoms with Gasteiger partial charge in [-0.25, -0.2) is 0 Å². The van der Waals surface area contributed by atoms with Crippen LogP contribution in [0.25, 0.3) is 0 Å². The van der Waals surface area contributed by atoms with E-state index in [9.17, 15) is 0 Å². The summed E-state index contributed by atoms with van der Waals surface area (Å²) in [5.41, 5.74) is 8.54. The van der Waals surface area contributed by atoms with Crippen LogP contribution in [0.3, 0.4) is 0 Å². The van der Waals surface area contributed by atoms with Gasteiger partial charge in [-0.3, -0.25) is 0 Å². The molecule has 3 heteroatoms. The van der Waals surface area contributed by atoms with Gasteiger partial charge in [-0.15, -0.1) is 0 Å². The van der Waals surface area contributed by atoms with Crippen molar-refractivity contribution >= 4 is 11.4 Å². The summed E-state index contributed by atoms with van der Waals surface area (Å²) in [5.74, 6) is 0.613. The Hall–Kier alpha value is -1.69. The van der Waals surface area contributed by atoms with Crippen LogP contribution in [0.15, 0.2) is 18.2 Å². The highest BCUT2D eigenvalue weighted by atomic mass is 15.1. The quantitative estimate of drug-likeness (QED) is 0.788. The fourth-order valence-electron chi connectivity index (χ4n) is 1.72. The zero-order valence-electron chi connectivity index (χ0n) is 10.2. The smallest absolute Gasteiger partial charge is 0.0670 e. The first-order valence-corrected chi connectivity index (χ1v) is 5.51. The Bertz CT molecular complexity index is 391. The molecule has 0 aromatic heterocycles. The molecule has 0 aliphatic carbocycles. The van der Waals surface area contributed by atoms with Gasteiger partial charge in [-0.2, -0.15) is 5.26 Å². The molecule has 0 aliphatic heterocycles. The van der Waals surface area contributed by atoms with Crippen LogP contribution in [0.4, 0.5) is 11.4 Å². The van der Waals surface area contributed by atoms with Crippen LogP contribution in [-0.2, 0) is 6.42 Å². The van der Waals surface area contributed by atoms with E-state index in [1.807, 2.05) is 18.2 Å².